The fraction of sp³-hybridized carbons (Fsp3) is 0.867. The monoisotopic (exact) mass is 267 g/mol. The van der Waals surface area contributed by atoms with Crippen LogP contribution in [0.4, 0.5) is 0 Å². The molecule has 2 aliphatic carbocycles. The fourth-order valence-electron chi connectivity index (χ4n) is 3.48. The number of aliphatic carboxylic acids is 1. The van der Waals surface area contributed by atoms with E-state index in [4.69, 9.17) is 0 Å². The Bertz CT molecular complexity index is 362. The van der Waals surface area contributed by atoms with Gasteiger partial charge in [0, 0.05) is 6.54 Å². The number of nitrogens with one attached hydrogen (secondary N) is 1. The van der Waals surface area contributed by atoms with Crippen molar-refractivity contribution in [2.45, 2.75) is 52.4 Å². The number of hydrogen-bond acceptors (Lipinski definition) is 2. The molecule has 19 heavy (non-hydrogen) atoms. The van der Waals surface area contributed by atoms with Gasteiger partial charge in [-0.3, -0.25) is 9.59 Å². The van der Waals surface area contributed by atoms with Crippen LogP contribution in [0.1, 0.15) is 52.4 Å². The zero-order chi connectivity index (χ0) is 14.0. The molecule has 0 aliphatic heterocycles. The number of carbonyl (C=O) groups is 2. The molecule has 108 valence electrons. The van der Waals surface area contributed by atoms with Gasteiger partial charge in [-0.25, -0.2) is 0 Å². The van der Waals surface area contributed by atoms with Crippen LogP contribution < -0.4 is 5.32 Å². The van der Waals surface area contributed by atoms with E-state index in [1.54, 1.807) is 0 Å². The highest BCUT2D eigenvalue weighted by atomic mass is 16.4. The number of carboxylic acid groups (broad SMARTS) is 1. The number of hydrogen-bond donors (Lipinski definition) is 2. The summed E-state index contributed by atoms with van der Waals surface area (Å²) in [5.41, 5.74) is 0.327. The summed E-state index contributed by atoms with van der Waals surface area (Å²) in [6.45, 7) is 4.93. The molecule has 4 nitrogen and oxygen atoms in total. The summed E-state index contributed by atoms with van der Waals surface area (Å²) >= 11 is 0. The van der Waals surface area contributed by atoms with Gasteiger partial charge >= 0.3 is 5.97 Å². The normalized spacial score (nSPS) is 32.0. The van der Waals surface area contributed by atoms with Crippen molar-refractivity contribution >= 4 is 11.9 Å². The Morgan fingerprint density at radius 3 is 2.42 bits per heavy atom. The summed E-state index contributed by atoms with van der Waals surface area (Å²) in [5, 5.41) is 12.2. The third kappa shape index (κ3) is 3.28. The van der Waals surface area contributed by atoms with E-state index in [2.05, 4.69) is 12.2 Å². The first-order valence-corrected chi connectivity index (χ1v) is 7.48. The molecule has 0 aromatic rings. The minimum atomic E-state index is -0.820. The first-order valence-electron chi connectivity index (χ1n) is 7.48. The molecule has 0 saturated heterocycles. The molecular formula is C15H25NO3. The molecule has 0 aromatic carbocycles. The van der Waals surface area contributed by atoms with Crippen LogP contribution in [0.25, 0.3) is 0 Å². The van der Waals surface area contributed by atoms with Crippen molar-refractivity contribution in [2.24, 2.45) is 23.2 Å². The van der Waals surface area contributed by atoms with Crippen molar-refractivity contribution in [3.05, 3.63) is 0 Å². The highest BCUT2D eigenvalue weighted by molar-refractivity contribution is 5.85. The minimum Gasteiger partial charge on any atom is -0.481 e. The van der Waals surface area contributed by atoms with E-state index in [1.165, 1.54) is 12.8 Å². The first kappa shape index (κ1) is 14.4. The predicted octanol–water partition coefficient (Wildman–Crippen LogP) is 2.43. The second kappa shape index (κ2) is 5.51. The van der Waals surface area contributed by atoms with Gasteiger partial charge in [-0.15, -0.1) is 0 Å². The van der Waals surface area contributed by atoms with Crippen LogP contribution in [-0.2, 0) is 9.59 Å². The molecule has 0 bridgehead atoms. The largest absolute Gasteiger partial charge is 0.481 e. The Morgan fingerprint density at radius 2 is 1.89 bits per heavy atom. The lowest BCUT2D eigenvalue weighted by Gasteiger charge is -2.19. The van der Waals surface area contributed by atoms with Crippen molar-refractivity contribution in [1.29, 1.82) is 0 Å². The van der Waals surface area contributed by atoms with E-state index in [-0.39, 0.29) is 11.8 Å². The maximum Gasteiger partial charge on any atom is 0.307 e. The molecule has 0 aromatic heterocycles. The standard InChI is InChI=1S/C15H25NO3/c1-3-4-15(5-6-15)9-16-13(17)11-7-10(2)8-12(11)14(18)19/h10-12H,3-9H2,1-2H3,(H,16,17)(H,18,19). The van der Waals surface area contributed by atoms with Crippen LogP contribution in [0.5, 0.6) is 0 Å². The van der Waals surface area contributed by atoms with Crippen LogP contribution in [0.3, 0.4) is 0 Å². The summed E-state index contributed by atoms with van der Waals surface area (Å²) in [7, 11) is 0. The lowest BCUT2D eigenvalue weighted by Crippen LogP contribution is -2.38. The summed E-state index contributed by atoms with van der Waals surface area (Å²) in [4.78, 5) is 23.4. The van der Waals surface area contributed by atoms with E-state index >= 15 is 0 Å². The maximum absolute atomic E-state index is 12.2. The summed E-state index contributed by atoms with van der Waals surface area (Å²) < 4.78 is 0. The van der Waals surface area contributed by atoms with E-state index in [9.17, 15) is 14.7 Å². The van der Waals surface area contributed by atoms with Gasteiger partial charge in [0.05, 0.1) is 11.8 Å². The van der Waals surface area contributed by atoms with Crippen LogP contribution in [0.2, 0.25) is 0 Å². The fourth-order valence-corrected chi connectivity index (χ4v) is 3.48. The van der Waals surface area contributed by atoms with Crippen molar-refractivity contribution in [1.82, 2.24) is 5.32 Å². The Labute approximate surface area is 115 Å². The molecule has 1 amide bonds. The zero-order valence-corrected chi connectivity index (χ0v) is 11.9. The van der Waals surface area contributed by atoms with Gasteiger partial charge in [0.15, 0.2) is 0 Å². The molecule has 4 heteroatoms. The minimum absolute atomic E-state index is 0.0425. The van der Waals surface area contributed by atoms with Gasteiger partial charge in [0.1, 0.15) is 0 Å². The van der Waals surface area contributed by atoms with E-state index in [1.807, 2.05) is 6.92 Å². The van der Waals surface area contributed by atoms with Crippen LogP contribution >= 0.6 is 0 Å². The number of carboxylic acids is 1. The molecule has 3 unspecified atom stereocenters. The molecule has 2 saturated carbocycles. The summed E-state index contributed by atoms with van der Waals surface area (Å²) in [5.74, 6) is -1.35. The molecule has 2 rings (SSSR count). The molecule has 2 N–H and O–H groups in total. The van der Waals surface area contributed by atoms with Gasteiger partial charge in [-0.1, -0.05) is 20.3 Å². The van der Waals surface area contributed by atoms with Crippen molar-refractivity contribution in [2.75, 3.05) is 6.54 Å². The maximum atomic E-state index is 12.2. The summed E-state index contributed by atoms with van der Waals surface area (Å²) in [6, 6.07) is 0. The summed E-state index contributed by atoms with van der Waals surface area (Å²) in [6.07, 6.45) is 6.05. The molecule has 0 heterocycles. The van der Waals surface area contributed by atoms with Crippen molar-refractivity contribution in [3.63, 3.8) is 0 Å². The highest BCUT2D eigenvalue weighted by Crippen LogP contribution is 2.49. The average molecular weight is 267 g/mol. The zero-order valence-electron chi connectivity index (χ0n) is 11.9. The van der Waals surface area contributed by atoms with Crippen LogP contribution in [0, 0.1) is 23.2 Å². The van der Waals surface area contributed by atoms with Gasteiger partial charge in [0.25, 0.3) is 0 Å². The van der Waals surface area contributed by atoms with E-state index < -0.39 is 11.9 Å². The quantitative estimate of drug-likeness (QED) is 0.776. The molecular weight excluding hydrogens is 242 g/mol. The lowest BCUT2D eigenvalue weighted by atomic mass is 9.94. The van der Waals surface area contributed by atoms with Crippen LogP contribution in [0.15, 0.2) is 0 Å². The van der Waals surface area contributed by atoms with Gasteiger partial charge in [-0.05, 0) is 43.4 Å². The van der Waals surface area contributed by atoms with Crippen molar-refractivity contribution in [3.8, 4) is 0 Å². The lowest BCUT2D eigenvalue weighted by molar-refractivity contribution is -0.146. The third-order valence-electron chi connectivity index (χ3n) is 4.83. The van der Waals surface area contributed by atoms with Crippen LogP contribution in [-0.4, -0.2) is 23.5 Å². The Hall–Kier alpha value is -1.06. The molecule has 2 fully saturated rings. The van der Waals surface area contributed by atoms with Gasteiger partial charge in [-0.2, -0.15) is 0 Å². The predicted molar refractivity (Wildman–Crippen MR) is 72.6 cm³/mol. The van der Waals surface area contributed by atoms with E-state index in [0.717, 1.165) is 19.4 Å². The topological polar surface area (TPSA) is 66.4 Å². The van der Waals surface area contributed by atoms with Gasteiger partial charge in [0.2, 0.25) is 5.91 Å². The third-order valence-corrected chi connectivity index (χ3v) is 4.83. The second-order valence-electron chi connectivity index (χ2n) is 6.60. The van der Waals surface area contributed by atoms with E-state index in [0.29, 0.717) is 24.2 Å². The Morgan fingerprint density at radius 1 is 1.26 bits per heavy atom. The Kier molecular flexibility index (Phi) is 4.16. The number of carbonyl (C=O) groups excluding carboxylic acids is 1. The number of amides is 1. The molecule has 2 aliphatic rings. The SMILES string of the molecule is CCCC1(CNC(=O)C2CC(C)CC2C(=O)O)CC1. The molecule has 0 spiro atoms. The first-order chi connectivity index (χ1) is 8.97. The highest BCUT2D eigenvalue weighted by Gasteiger charge is 2.44. The second-order valence-corrected chi connectivity index (χ2v) is 6.60. The molecule has 0 radical (unpaired) electrons. The average Bonchev–Trinajstić information content (AvgIpc) is 3.00. The number of rotatable bonds is 6. The van der Waals surface area contributed by atoms with Gasteiger partial charge < -0.3 is 10.4 Å². The van der Waals surface area contributed by atoms with Crippen molar-refractivity contribution < 1.29 is 14.7 Å². The molecule has 3 atom stereocenters. The Balaban J connectivity index is 1.87. The smallest absolute Gasteiger partial charge is 0.307 e.